The summed E-state index contributed by atoms with van der Waals surface area (Å²) < 4.78 is 0. The zero-order chi connectivity index (χ0) is 12.1. The molecule has 0 unspecified atom stereocenters. The van der Waals surface area contributed by atoms with E-state index in [0.29, 0.717) is 6.42 Å². The van der Waals surface area contributed by atoms with Crippen LogP contribution in [0.25, 0.3) is 11.3 Å². The highest BCUT2D eigenvalue weighted by molar-refractivity contribution is 5.67. The van der Waals surface area contributed by atoms with Crippen molar-refractivity contribution >= 4 is 5.97 Å². The number of aromatic nitrogens is 2. The lowest BCUT2D eigenvalue weighted by molar-refractivity contribution is -0.137. The highest BCUT2D eigenvalue weighted by Crippen LogP contribution is 2.21. The summed E-state index contributed by atoms with van der Waals surface area (Å²) in [5, 5.41) is 15.6. The molecule has 1 heterocycles. The van der Waals surface area contributed by atoms with Crippen molar-refractivity contribution in [1.29, 1.82) is 0 Å². The Morgan fingerprint density at radius 2 is 2.06 bits per heavy atom. The van der Waals surface area contributed by atoms with Gasteiger partial charge in [-0.25, -0.2) is 0 Å². The molecule has 0 spiro atoms. The van der Waals surface area contributed by atoms with Gasteiger partial charge in [-0.2, -0.15) is 5.10 Å². The second-order valence-corrected chi connectivity index (χ2v) is 3.88. The van der Waals surface area contributed by atoms with Crippen LogP contribution in [-0.4, -0.2) is 21.3 Å². The van der Waals surface area contributed by atoms with Crippen LogP contribution in [0.5, 0.6) is 0 Å². The first-order valence-corrected chi connectivity index (χ1v) is 5.57. The summed E-state index contributed by atoms with van der Waals surface area (Å²) in [6.07, 6.45) is 3.32. The number of aromatic amines is 1. The minimum Gasteiger partial charge on any atom is -0.481 e. The largest absolute Gasteiger partial charge is 0.481 e. The van der Waals surface area contributed by atoms with Crippen molar-refractivity contribution < 1.29 is 9.90 Å². The number of rotatable bonds is 5. The van der Waals surface area contributed by atoms with Crippen LogP contribution in [-0.2, 0) is 11.2 Å². The lowest BCUT2D eigenvalue weighted by atomic mass is 10.0. The first-order chi connectivity index (χ1) is 8.27. The topological polar surface area (TPSA) is 66.0 Å². The number of H-pyrrole nitrogens is 1. The van der Waals surface area contributed by atoms with Gasteiger partial charge in [0.2, 0.25) is 0 Å². The zero-order valence-corrected chi connectivity index (χ0v) is 9.39. The van der Waals surface area contributed by atoms with Crippen LogP contribution < -0.4 is 0 Å². The summed E-state index contributed by atoms with van der Waals surface area (Å²) >= 11 is 0. The summed E-state index contributed by atoms with van der Waals surface area (Å²) in [6, 6.07) is 9.92. The highest BCUT2D eigenvalue weighted by atomic mass is 16.4. The summed E-state index contributed by atoms with van der Waals surface area (Å²) in [5.41, 5.74) is 3.13. The van der Waals surface area contributed by atoms with Crippen LogP contribution in [0.4, 0.5) is 0 Å². The van der Waals surface area contributed by atoms with Gasteiger partial charge in [0.05, 0.1) is 11.9 Å². The maximum absolute atomic E-state index is 10.5. The molecule has 0 aliphatic rings. The van der Waals surface area contributed by atoms with E-state index in [1.807, 2.05) is 30.3 Å². The lowest BCUT2D eigenvalue weighted by Gasteiger charge is -2.02. The minimum atomic E-state index is -0.755. The van der Waals surface area contributed by atoms with Gasteiger partial charge in [0, 0.05) is 6.42 Å². The van der Waals surface area contributed by atoms with E-state index in [-0.39, 0.29) is 6.42 Å². The number of carbonyl (C=O) groups is 1. The van der Waals surface area contributed by atoms with Crippen LogP contribution in [0.1, 0.15) is 18.4 Å². The Morgan fingerprint density at radius 1 is 1.29 bits per heavy atom. The lowest BCUT2D eigenvalue weighted by Crippen LogP contribution is -1.96. The van der Waals surface area contributed by atoms with Gasteiger partial charge in [-0.05, 0) is 24.0 Å². The fourth-order valence-corrected chi connectivity index (χ4v) is 1.79. The smallest absolute Gasteiger partial charge is 0.303 e. The van der Waals surface area contributed by atoms with Gasteiger partial charge in [0.15, 0.2) is 0 Å². The first-order valence-electron chi connectivity index (χ1n) is 5.57. The number of aryl methyl sites for hydroxylation is 1. The summed E-state index contributed by atoms with van der Waals surface area (Å²) in [4.78, 5) is 10.5. The van der Waals surface area contributed by atoms with Crippen molar-refractivity contribution in [2.45, 2.75) is 19.3 Å². The fourth-order valence-electron chi connectivity index (χ4n) is 1.79. The fraction of sp³-hybridized carbons (Fsp3) is 0.231. The van der Waals surface area contributed by atoms with Crippen molar-refractivity contribution in [2.24, 2.45) is 0 Å². The molecule has 17 heavy (non-hydrogen) atoms. The monoisotopic (exact) mass is 230 g/mol. The second-order valence-electron chi connectivity index (χ2n) is 3.88. The zero-order valence-electron chi connectivity index (χ0n) is 9.39. The highest BCUT2D eigenvalue weighted by Gasteiger charge is 2.07. The number of carboxylic acid groups (broad SMARTS) is 1. The standard InChI is InChI=1S/C13H14N2O2/c16-12(17)8-4-7-11-9-14-15-13(11)10-5-2-1-3-6-10/h1-3,5-6,9H,4,7-8H2,(H,14,15)(H,16,17). The predicted molar refractivity (Wildman–Crippen MR) is 64.6 cm³/mol. The van der Waals surface area contributed by atoms with E-state index in [0.717, 1.165) is 23.2 Å². The van der Waals surface area contributed by atoms with E-state index >= 15 is 0 Å². The van der Waals surface area contributed by atoms with E-state index in [9.17, 15) is 4.79 Å². The quantitative estimate of drug-likeness (QED) is 0.829. The Bertz CT molecular complexity index is 491. The predicted octanol–water partition coefficient (Wildman–Crippen LogP) is 2.48. The van der Waals surface area contributed by atoms with Crippen molar-refractivity contribution in [3.63, 3.8) is 0 Å². The molecular weight excluding hydrogens is 216 g/mol. The van der Waals surface area contributed by atoms with Gasteiger partial charge in [0.25, 0.3) is 0 Å². The number of aliphatic carboxylic acids is 1. The number of hydrogen-bond donors (Lipinski definition) is 2. The van der Waals surface area contributed by atoms with Crippen molar-refractivity contribution in [1.82, 2.24) is 10.2 Å². The van der Waals surface area contributed by atoms with Crippen LogP contribution in [0.3, 0.4) is 0 Å². The van der Waals surface area contributed by atoms with Gasteiger partial charge >= 0.3 is 5.97 Å². The van der Waals surface area contributed by atoms with E-state index < -0.39 is 5.97 Å². The molecule has 0 fully saturated rings. The summed E-state index contributed by atoms with van der Waals surface area (Å²) in [7, 11) is 0. The molecule has 2 aromatic rings. The molecule has 0 amide bonds. The molecule has 0 bridgehead atoms. The third kappa shape index (κ3) is 2.93. The SMILES string of the molecule is O=C(O)CCCc1cn[nH]c1-c1ccccc1. The van der Waals surface area contributed by atoms with Gasteiger partial charge in [0.1, 0.15) is 0 Å². The Kier molecular flexibility index (Phi) is 3.55. The van der Waals surface area contributed by atoms with E-state index in [4.69, 9.17) is 5.11 Å². The number of nitrogens with one attached hydrogen (secondary N) is 1. The summed E-state index contributed by atoms with van der Waals surface area (Å²) in [5.74, 6) is -0.755. The van der Waals surface area contributed by atoms with Crippen LogP contribution in [0.2, 0.25) is 0 Å². The molecule has 0 radical (unpaired) electrons. The Balaban J connectivity index is 2.10. The van der Waals surface area contributed by atoms with Crippen LogP contribution >= 0.6 is 0 Å². The molecule has 2 N–H and O–H groups in total. The molecule has 88 valence electrons. The molecule has 0 aliphatic carbocycles. The van der Waals surface area contributed by atoms with Gasteiger partial charge in [-0.1, -0.05) is 30.3 Å². The average molecular weight is 230 g/mol. The molecule has 0 aliphatic heterocycles. The maximum atomic E-state index is 10.5. The second kappa shape index (κ2) is 5.30. The molecule has 1 aromatic carbocycles. The minimum absolute atomic E-state index is 0.194. The first kappa shape index (κ1) is 11.4. The van der Waals surface area contributed by atoms with Gasteiger partial charge in [-0.15, -0.1) is 0 Å². The number of carboxylic acids is 1. The molecule has 2 rings (SSSR count). The molecule has 1 aromatic heterocycles. The van der Waals surface area contributed by atoms with E-state index in [2.05, 4.69) is 10.2 Å². The van der Waals surface area contributed by atoms with Crippen LogP contribution in [0.15, 0.2) is 36.5 Å². The molecule has 4 heteroatoms. The average Bonchev–Trinajstić information content (AvgIpc) is 2.78. The van der Waals surface area contributed by atoms with Crippen LogP contribution in [0, 0.1) is 0 Å². The number of hydrogen-bond acceptors (Lipinski definition) is 2. The molecule has 4 nitrogen and oxygen atoms in total. The van der Waals surface area contributed by atoms with Crippen molar-refractivity contribution in [3.8, 4) is 11.3 Å². The van der Waals surface area contributed by atoms with Gasteiger partial charge < -0.3 is 5.11 Å². The molecule has 0 atom stereocenters. The van der Waals surface area contributed by atoms with Crippen molar-refractivity contribution in [2.75, 3.05) is 0 Å². The third-order valence-electron chi connectivity index (χ3n) is 2.62. The number of nitrogens with zero attached hydrogens (tertiary/aromatic N) is 1. The molecular formula is C13H14N2O2. The summed E-state index contributed by atoms with van der Waals surface area (Å²) in [6.45, 7) is 0. The van der Waals surface area contributed by atoms with E-state index in [1.54, 1.807) is 6.20 Å². The number of benzene rings is 1. The normalized spacial score (nSPS) is 10.4. The van der Waals surface area contributed by atoms with E-state index in [1.165, 1.54) is 0 Å². The molecule has 0 saturated heterocycles. The molecule has 0 saturated carbocycles. The Hall–Kier alpha value is -2.10. The maximum Gasteiger partial charge on any atom is 0.303 e. The third-order valence-corrected chi connectivity index (χ3v) is 2.62. The Morgan fingerprint density at radius 3 is 2.76 bits per heavy atom. The van der Waals surface area contributed by atoms with Gasteiger partial charge in [-0.3, -0.25) is 9.89 Å². The van der Waals surface area contributed by atoms with Crippen molar-refractivity contribution in [3.05, 3.63) is 42.1 Å². The Labute approximate surface area is 99.3 Å².